The Hall–Kier alpha value is -2.05. The Balaban J connectivity index is 1.72. The van der Waals surface area contributed by atoms with Gasteiger partial charge in [-0.25, -0.2) is 0 Å². The van der Waals surface area contributed by atoms with E-state index in [-0.39, 0.29) is 5.91 Å². The molecule has 0 unspecified atom stereocenters. The first-order valence-corrected chi connectivity index (χ1v) is 8.02. The molecule has 3 aromatic rings. The molecule has 23 heavy (non-hydrogen) atoms. The number of hydrogen-bond acceptors (Lipinski definition) is 3. The van der Waals surface area contributed by atoms with Crippen LogP contribution >= 0.6 is 27.5 Å². The molecule has 3 rings (SSSR count). The van der Waals surface area contributed by atoms with Gasteiger partial charge in [0.15, 0.2) is 5.76 Å². The summed E-state index contributed by atoms with van der Waals surface area (Å²) in [4.78, 5) is 12.2. The first-order valence-electron chi connectivity index (χ1n) is 6.84. The highest BCUT2D eigenvalue weighted by molar-refractivity contribution is 9.10. The van der Waals surface area contributed by atoms with Gasteiger partial charge in [-0.1, -0.05) is 27.5 Å². The van der Waals surface area contributed by atoms with Crippen LogP contribution in [0.25, 0.3) is 11.5 Å². The molecule has 0 saturated heterocycles. The van der Waals surface area contributed by atoms with Gasteiger partial charge in [-0.3, -0.25) is 9.48 Å². The van der Waals surface area contributed by atoms with E-state index in [1.807, 2.05) is 25.2 Å². The molecule has 0 fully saturated rings. The zero-order valence-electron chi connectivity index (χ0n) is 12.2. The van der Waals surface area contributed by atoms with Crippen molar-refractivity contribution in [1.82, 2.24) is 15.1 Å². The molecule has 0 spiro atoms. The predicted molar refractivity (Wildman–Crippen MR) is 91.2 cm³/mol. The second-order valence-corrected chi connectivity index (χ2v) is 6.25. The van der Waals surface area contributed by atoms with E-state index >= 15 is 0 Å². The molecule has 1 N–H and O–H groups in total. The van der Waals surface area contributed by atoms with Crippen LogP contribution in [0.15, 0.2) is 51.6 Å². The van der Waals surface area contributed by atoms with Crippen LogP contribution in [0.4, 0.5) is 0 Å². The van der Waals surface area contributed by atoms with Crippen molar-refractivity contribution in [2.45, 2.75) is 6.54 Å². The van der Waals surface area contributed by atoms with E-state index in [0.29, 0.717) is 17.1 Å². The molecule has 0 atom stereocenters. The molecule has 0 saturated carbocycles. The molecule has 2 aromatic heterocycles. The van der Waals surface area contributed by atoms with Gasteiger partial charge < -0.3 is 9.73 Å². The Kier molecular flexibility index (Phi) is 4.54. The first kappa shape index (κ1) is 15.8. The van der Waals surface area contributed by atoms with Gasteiger partial charge in [-0.05, 0) is 36.4 Å². The number of aryl methyl sites for hydroxylation is 1. The third-order valence-corrected chi connectivity index (χ3v) is 4.13. The van der Waals surface area contributed by atoms with Crippen molar-refractivity contribution in [1.29, 1.82) is 0 Å². The van der Waals surface area contributed by atoms with Crippen molar-refractivity contribution >= 4 is 33.4 Å². The summed E-state index contributed by atoms with van der Waals surface area (Å²) < 4.78 is 7.88. The van der Waals surface area contributed by atoms with Crippen LogP contribution in [-0.2, 0) is 13.6 Å². The van der Waals surface area contributed by atoms with Crippen LogP contribution in [0.1, 0.15) is 16.1 Å². The van der Waals surface area contributed by atoms with Crippen LogP contribution in [0, 0.1) is 0 Å². The summed E-state index contributed by atoms with van der Waals surface area (Å²) in [5, 5.41) is 7.60. The van der Waals surface area contributed by atoms with Crippen molar-refractivity contribution in [3.05, 3.63) is 63.4 Å². The Labute approximate surface area is 146 Å². The van der Waals surface area contributed by atoms with Gasteiger partial charge >= 0.3 is 0 Å². The van der Waals surface area contributed by atoms with Crippen LogP contribution in [-0.4, -0.2) is 15.7 Å². The summed E-state index contributed by atoms with van der Waals surface area (Å²) in [6.45, 7) is 0.302. The van der Waals surface area contributed by atoms with Crippen LogP contribution < -0.4 is 5.32 Å². The van der Waals surface area contributed by atoms with E-state index in [1.165, 1.54) is 0 Å². The fourth-order valence-electron chi connectivity index (χ4n) is 2.21. The number of aromatic nitrogens is 2. The quantitative estimate of drug-likeness (QED) is 0.727. The molecule has 0 bridgehead atoms. The second kappa shape index (κ2) is 6.60. The van der Waals surface area contributed by atoms with E-state index in [4.69, 9.17) is 16.0 Å². The van der Waals surface area contributed by atoms with Gasteiger partial charge in [0.25, 0.3) is 5.91 Å². The molecule has 5 nitrogen and oxygen atoms in total. The van der Waals surface area contributed by atoms with Gasteiger partial charge in [0.1, 0.15) is 5.69 Å². The fourth-order valence-corrected chi connectivity index (χ4v) is 2.77. The SMILES string of the molecule is Cn1nc(CNC(=O)c2cc(Br)ccc2Cl)cc1-c1ccco1. The highest BCUT2D eigenvalue weighted by atomic mass is 79.9. The Morgan fingerprint density at radius 1 is 1.39 bits per heavy atom. The third-order valence-electron chi connectivity index (χ3n) is 3.31. The minimum Gasteiger partial charge on any atom is -0.463 e. The first-order chi connectivity index (χ1) is 11.0. The smallest absolute Gasteiger partial charge is 0.253 e. The van der Waals surface area contributed by atoms with Gasteiger partial charge in [-0.15, -0.1) is 0 Å². The van der Waals surface area contributed by atoms with Gasteiger partial charge in [0, 0.05) is 11.5 Å². The summed E-state index contributed by atoms with van der Waals surface area (Å²) in [7, 11) is 1.83. The van der Waals surface area contributed by atoms with E-state index in [0.717, 1.165) is 21.6 Å². The summed E-state index contributed by atoms with van der Waals surface area (Å²) in [5.74, 6) is 0.481. The van der Waals surface area contributed by atoms with Crippen molar-refractivity contribution in [2.75, 3.05) is 0 Å². The minimum absolute atomic E-state index is 0.249. The number of nitrogens with zero attached hydrogens (tertiary/aromatic N) is 2. The zero-order valence-corrected chi connectivity index (χ0v) is 14.6. The second-order valence-electron chi connectivity index (χ2n) is 4.93. The predicted octanol–water partition coefficient (Wildman–Crippen LogP) is 4.03. The van der Waals surface area contributed by atoms with E-state index in [9.17, 15) is 4.79 Å². The maximum absolute atomic E-state index is 12.2. The van der Waals surface area contributed by atoms with Gasteiger partial charge in [0.2, 0.25) is 0 Å². The number of amides is 1. The van der Waals surface area contributed by atoms with Crippen molar-refractivity contribution in [3.8, 4) is 11.5 Å². The lowest BCUT2D eigenvalue weighted by molar-refractivity contribution is 0.0950. The van der Waals surface area contributed by atoms with Crippen molar-refractivity contribution in [2.24, 2.45) is 7.05 Å². The van der Waals surface area contributed by atoms with Crippen LogP contribution in [0.5, 0.6) is 0 Å². The Bertz CT molecular complexity index is 843. The van der Waals surface area contributed by atoms with Crippen LogP contribution in [0.2, 0.25) is 5.02 Å². The summed E-state index contributed by atoms with van der Waals surface area (Å²) in [5.41, 5.74) is 2.00. The highest BCUT2D eigenvalue weighted by Gasteiger charge is 2.13. The fraction of sp³-hybridized carbons (Fsp3) is 0.125. The van der Waals surface area contributed by atoms with E-state index in [2.05, 4.69) is 26.3 Å². The van der Waals surface area contributed by atoms with E-state index < -0.39 is 0 Å². The average molecular weight is 395 g/mol. The molecule has 2 heterocycles. The lowest BCUT2D eigenvalue weighted by Crippen LogP contribution is -2.23. The van der Waals surface area contributed by atoms with Gasteiger partial charge in [0.05, 0.1) is 29.1 Å². The highest BCUT2D eigenvalue weighted by Crippen LogP contribution is 2.22. The molecular formula is C16H13BrClN3O2. The largest absolute Gasteiger partial charge is 0.463 e. The third kappa shape index (κ3) is 3.48. The molecule has 0 aliphatic rings. The van der Waals surface area contributed by atoms with Crippen LogP contribution in [0.3, 0.4) is 0 Å². The minimum atomic E-state index is -0.249. The number of halogens is 2. The van der Waals surface area contributed by atoms with Gasteiger partial charge in [-0.2, -0.15) is 5.10 Å². The van der Waals surface area contributed by atoms with Crippen molar-refractivity contribution in [3.63, 3.8) is 0 Å². The lowest BCUT2D eigenvalue weighted by Gasteiger charge is -2.05. The number of benzene rings is 1. The molecule has 0 aliphatic carbocycles. The maximum atomic E-state index is 12.2. The topological polar surface area (TPSA) is 60.1 Å². The summed E-state index contributed by atoms with van der Waals surface area (Å²) >= 11 is 9.39. The number of rotatable bonds is 4. The zero-order chi connectivity index (χ0) is 16.4. The number of nitrogens with one attached hydrogen (secondary N) is 1. The molecule has 0 aliphatic heterocycles. The number of carbonyl (C=O) groups is 1. The summed E-state index contributed by atoms with van der Waals surface area (Å²) in [6, 6.07) is 10.7. The standard InChI is InChI=1S/C16H13BrClN3O2/c1-21-14(15-3-2-6-23-15)8-11(20-21)9-19-16(22)12-7-10(17)4-5-13(12)18/h2-8H,9H2,1H3,(H,19,22). The average Bonchev–Trinajstić information content (AvgIpc) is 3.16. The monoisotopic (exact) mass is 393 g/mol. The Morgan fingerprint density at radius 3 is 2.96 bits per heavy atom. The molecular weight excluding hydrogens is 382 g/mol. The lowest BCUT2D eigenvalue weighted by atomic mass is 10.2. The van der Waals surface area contributed by atoms with Crippen molar-refractivity contribution < 1.29 is 9.21 Å². The number of carbonyl (C=O) groups excluding carboxylic acids is 1. The molecule has 0 radical (unpaired) electrons. The molecule has 7 heteroatoms. The molecule has 1 amide bonds. The number of furan rings is 1. The Morgan fingerprint density at radius 2 is 2.22 bits per heavy atom. The van der Waals surface area contributed by atoms with E-state index in [1.54, 1.807) is 29.1 Å². The summed E-state index contributed by atoms with van der Waals surface area (Å²) in [6.07, 6.45) is 1.61. The molecule has 118 valence electrons. The normalized spacial score (nSPS) is 10.7. The molecule has 1 aromatic carbocycles. The number of hydrogen-bond donors (Lipinski definition) is 1. The maximum Gasteiger partial charge on any atom is 0.253 e.